The van der Waals surface area contributed by atoms with Crippen molar-refractivity contribution in [2.75, 3.05) is 13.7 Å². The molecule has 1 aliphatic rings. The number of methoxy groups -OCH3 is 1. The summed E-state index contributed by atoms with van der Waals surface area (Å²) in [5, 5.41) is 10.5. The summed E-state index contributed by atoms with van der Waals surface area (Å²) < 4.78 is 45.9. The minimum absolute atomic E-state index is 0.00748. The Balaban J connectivity index is 1.97. The SMILES string of the molecule is COC(=O)c1c(C)cccc1S(=O)(=O)N(C[C@@H](O)c1ccc(F)cc1)C1CC1. The third kappa shape index (κ3) is 4.09. The fraction of sp³-hybridized carbons (Fsp3) is 0.350. The summed E-state index contributed by atoms with van der Waals surface area (Å²) in [5.74, 6) is -1.17. The van der Waals surface area contributed by atoms with Gasteiger partial charge < -0.3 is 9.84 Å². The number of benzene rings is 2. The zero-order valence-electron chi connectivity index (χ0n) is 15.6. The Labute approximate surface area is 163 Å². The van der Waals surface area contributed by atoms with Crippen molar-refractivity contribution in [3.63, 3.8) is 0 Å². The number of carbonyl (C=O) groups is 1. The molecule has 1 fully saturated rings. The van der Waals surface area contributed by atoms with Crippen LogP contribution >= 0.6 is 0 Å². The van der Waals surface area contributed by atoms with Gasteiger partial charge in [0.05, 0.1) is 23.7 Å². The van der Waals surface area contributed by atoms with Crippen molar-refractivity contribution in [2.24, 2.45) is 0 Å². The topological polar surface area (TPSA) is 83.9 Å². The van der Waals surface area contributed by atoms with E-state index in [0.717, 1.165) is 0 Å². The lowest BCUT2D eigenvalue weighted by atomic mass is 10.1. The highest BCUT2D eigenvalue weighted by atomic mass is 32.2. The standard InChI is InChI=1S/C20H22FNO5S/c1-13-4-3-5-18(19(13)20(24)27-2)28(25,26)22(16-10-11-16)12-17(23)14-6-8-15(21)9-7-14/h3-9,16-17,23H,10-12H2,1-2H3/t17-/m1/s1. The molecular weight excluding hydrogens is 385 g/mol. The van der Waals surface area contributed by atoms with Crippen molar-refractivity contribution in [3.8, 4) is 0 Å². The number of nitrogens with zero attached hydrogens (tertiary/aromatic N) is 1. The van der Waals surface area contributed by atoms with Gasteiger partial charge in [0.1, 0.15) is 5.82 Å². The number of aliphatic hydroxyl groups is 1. The Kier molecular flexibility index (Phi) is 5.83. The predicted octanol–water partition coefficient (Wildman–Crippen LogP) is 2.81. The van der Waals surface area contributed by atoms with E-state index in [1.165, 1.54) is 41.7 Å². The maximum atomic E-state index is 13.4. The van der Waals surface area contributed by atoms with Gasteiger partial charge in [0.2, 0.25) is 10.0 Å². The monoisotopic (exact) mass is 407 g/mol. The maximum absolute atomic E-state index is 13.4. The van der Waals surface area contributed by atoms with Crippen LogP contribution in [-0.4, -0.2) is 43.5 Å². The van der Waals surface area contributed by atoms with E-state index in [9.17, 15) is 22.7 Å². The van der Waals surface area contributed by atoms with E-state index < -0.39 is 27.9 Å². The van der Waals surface area contributed by atoms with E-state index in [0.29, 0.717) is 24.0 Å². The van der Waals surface area contributed by atoms with Crippen molar-refractivity contribution in [1.29, 1.82) is 0 Å². The average molecular weight is 407 g/mol. The van der Waals surface area contributed by atoms with E-state index in [-0.39, 0.29) is 23.0 Å². The fourth-order valence-corrected chi connectivity index (χ4v) is 5.06. The molecule has 2 aromatic rings. The molecule has 0 unspecified atom stereocenters. The second-order valence-electron chi connectivity index (χ2n) is 6.81. The Hall–Kier alpha value is -2.29. The third-order valence-corrected chi connectivity index (χ3v) is 6.73. The van der Waals surface area contributed by atoms with Gasteiger partial charge in [-0.1, -0.05) is 24.3 Å². The highest BCUT2D eigenvalue weighted by Gasteiger charge is 2.41. The number of halogens is 1. The second kappa shape index (κ2) is 7.98. The first-order valence-corrected chi connectivity index (χ1v) is 10.3. The molecule has 150 valence electrons. The summed E-state index contributed by atoms with van der Waals surface area (Å²) in [6, 6.07) is 9.60. The molecule has 0 aromatic heterocycles. The molecule has 0 amide bonds. The van der Waals surface area contributed by atoms with E-state index in [1.54, 1.807) is 19.1 Å². The highest BCUT2D eigenvalue weighted by Crippen LogP contribution is 2.35. The molecule has 0 bridgehead atoms. The number of rotatable bonds is 7. The van der Waals surface area contributed by atoms with Gasteiger partial charge in [0.25, 0.3) is 0 Å². The summed E-state index contributed by atoms with van der Waals surface area (Å²) in [5.41, 5.74) is 0.898. The lowest BCUT2D eigenvalue weighted by molar-refractivity contribution is 0.0595. The molecule has 28 heavy (non-hydrogen) atoms. The largest absolute Gasteiger partial charge is 0.465 e. The smallest absolute Gasteiger partial charge is 0.339 e. The summed E-state index contributed by atoms with van der Waals surface area (Å²) in [4.78, 5) is 12.1. The van der Waals surface area contributed by atoms with Crippen LogP contribution in [0, 0.1) is 12.7 Å². The number of esters is 1. The number of sulfonamides is 1. The molecular formula is C20H22FNO5S. The molecule has 1 saturated carbocycles. The van der Waals surface area contributed by atoms with E-state index in [4.69, 9.17) is 4.74 Å². The first-order valence-electron chi connectivity index (χ1n) is 8.89. The Morgan fingerprint density at radius 3 is 2.46 bits per heavy atom. The normalized spacial score (nSPS) is 15.5. The van der Waals surface area contributed by atoms with Gasteiger partial charge in [-0.25, -0.2) is 17.6 Å². The average Bonchev–Trinajstić information content (AvgIpc) is 3.50. The van der Waals surface area contributed by atoms with Crippen molar-refractivity contribution in [3.05, 3.63) is 65.0 Å². The van der Waals surface area contributed by atoms with Gasteiger partial charge in [-0.05, 0) is 49.1 Å². The van der Waals surface area contributed by atoms with Crippen LogP contribution in [0.2, 0.25) is 0 Å². The van der Waals surface area contributed by atoms with Crippen LogP contribution in [0.15, 0.2) is 47.4 Å². The highest BCUT2D eigenvalue weighted by molar-refractivity contribution is 7.89. The first-order chi connectivity index (χ1) is 13.3. The molecule has 0 saturated heterocycles. The van der Waals surface area contributed by atoms with Crippen LogP contribution in [0.4, 0.5) is 4.39 Å². The minimum atomic E-state index is -4.06. The fourth-order valence-electron chi connectivity index (χ4n) is 3.11. The molecule has 0 radical (unpaired) electrons. The molecule has 6 nitrogen and oxygen atoms in total. The zero-order valence-corrected chi connectivity index (χ0v) is 16.4. The lowest BCUT2D eigenvalue weighted by Gasteiger charge is -2.26. The third-order valence-electron chi connectivity index (χ3n) is 4.77. The van der Waals surface area contributed by atoms with Crippen LogP contribution in [0.5, 0.6) is 0 Å². The predicted molar refractivity (Wildman–Crippen MR) is 101 cm³/mol. The molecule has 8 heteroatoms. The van der Waals surface area contributed by atoms with Crippen LogP contribution in [-0.2, 0) is 14.8 Å². The van der Waals surface area contributed by atoms with Crippen molar-refractivity contribution in [2.45, 2.75) is 36.8 Å². The number of aryl methyl sites for hydroxylation is 1. The molecule has 1 aliphatic carbocycles. The Bertz CT molecular complexity index is 971. The van der Waals surface area contributed by atoms with Crippen LogP contribution in [0.25, 0.3) is 0 Å². The quantitative estimate of drug-likeness (QED) is 0.714. The van der Waals surface area contributed by atoms with Gasteiger partial charge in [0, 0.05) is 12.6 Å². The number of hydrogen-bond donors (Lipinski definition) is 1. The Morgan fingerprint density at radius 1 is 1.25 bits per heavy atom. The van der Waals surface area contributed by atoms with Gasteiger partial charge in [0.15, 0.2) is 0 Å². The molecule has 2 aromatic carbocycles. The lowest BCUT2D eigenvalue weighted by Crippen LogP contribution is -2.37. The number of aliphatic hydroxyl groups excluding tert-OH is 1. The molecule has 1 N–H and O–H groups in total. The van der Waals surface area contributed by atoms with Crippen LogP contribution < -0.4 is 0 Å². The molecule has 0 spiro atoms. The van der Waals surface area contributed by atoms with Gasteiger partial charge in [-0.3, -0.25) is 0 Å². The van der Waals surface area contributed by atoms with Crippen molar-refractivity contribution < 1.29 is 27.4 Å². The van der Waals surface area contributed by atoms with Crippen LogP contribution in [0.3, 0.4) is 0 Å². The summed E-state index contributed by atoms with van der Waals surface area (Å²) in [6.07, 6.45) is 0.228. The van der Waals surface area contributed by atoms with Crippen LogP contribution in [0.1, 0.15) is 40.4 Å². The minimum Gasteiger partial charge on any atom is -0.465 e. The van der Waals surface area contributed by atoms with Crippen molar-refractivity contribution >= 4 is 16.0 Å². The molecule has 0 heterocycles. The van der Waals surface area contributed by atoms with E-state index in [2.05, 4.69) is 0 Å². The summed E-state index contributed by atoms with van der Waals surface area (Å²) in [6.45, 7) is 1.45. The maximum Gasteiger partial charge on any atom is 0.339 e. The van der Waals surface area contributed by atoms with Gasteiger partial charge in [-0.15, -0.1) is 0 Å². The number of carbonyl (C=O) groups excluding carboxylic acids is 1. The molecule has 0 aliphatic heterocycles. The zero-order chi connectivity index (χ0) is 20.5. The van der Waals surface area contributed by atoms with E-state index in [1.807, 2.05) is 0 Å². The number of ether oxygens (including phenoxy) is 1. The number of hydrogen-bond acceptors (Lipinski definition) is 5. The van der Waals surface area contributed by atoms with Crippen molar-refractivity contribution in [1.82, 2.24) is 4.31 Å². The molecule has 1 atom stereocenters. The first kappa shape index (κ1) is 20.4. The van der Waals surface area contributed by atoms with E-state index >= 15 is 0 Å². The van der Waals surface area contributed by atoms with Gasteiger partial charge in [-0.2, -0.15) is 4.31 Å². The second-order valence-corrected chi connectivity index (χ2v) is 8.67. The molecule has 3 rings (SSSR count). The summed E-state index contributed by atoms with van der Waals surface area (Å²) in [7, 11) is -2.86. The summed E-state index contributed by atoms with van der Waals surface area (Å²) >= 11 is 0. The van der Waals surface area contributed by atoms with Gasteiger partial charge >= 0.3 is 5.97 Å². The Morgan fingerprint density at radius 2 is 1.89 bits per heavy atom.